The average molecular weight is 378 g/mol. The van der Waals surface area contributed by atoms with Crippen molar-refractivity contribution >= 4 is 11.0 Å². The Morgan fingerprint density at radius 1 is 1.35 bits per heavy atom. The van der Waals surface area contributed by atoms with E-state index in [0.717, 1.165) is 0 Å². The standard InChI is InChI=1S/C16H19F5N4O/c1-2-9(16(19,20)21)7-12-23-13-11(14(26)24-12)8-22-25(13)10-3-5-15(17,18)6-4-10/h8-10H,2-7H2,1H3,(H,23,24,26). The number of aromatic amines is 1. The largest absolute Gasteiger partial charge is 0.392 e. The van der Waals surface area contributed by atoms with Crippen LogP contribution in [0.3, 0.4) is 0 Å². The number of fused-ring (bicyclic) bond motifs is 1. The van der Waals surface area contributed by atoms with Crippen molar-refractivity contribution in [1.82, 2.24) is 19.7 Å². The van der Waals surface area contributed by atoms with Crippen LogP contribution in [0.1, 0.15) is 50.9 Å². The molecule has 0 radical (unpaired) electrons. The Labute approximate surface area is 145 Å². The van der Waals surface area contributed by atoms with Crippen LogP contribution in [0.4, 0.5) is 22.0 Å². The number of hydrogen-bond acceptors (Lipinski definition) is 3. The fourth-order valence-corrected chi connectivity index (χ4v) is 3.34. The molecule has 1 aliphatic rings. The van der Waals surface area contributed by atoms with Gasteiger partial charge in [-0.25, -0.2) is 18.4 Å². The van der Waals surface area contributed by atoms with Gasteiger partial charge in [0.05, 0.1) is 18.2 Å². The molecule has 2 heterocycles. The molecule has 0 aromatic carbocycles. The van der Waals surface area contributed by atoms with E-state index < -0.39 is 30.0 Å². The molecule has 0 spiro atoms. The summed E-state index contributed by atoms with van der Waals surface area (Å²) >= 11 is 0. The molecule has 0 aliphatic heterocycles. The van der Waals surface area contributed by atoms with Gasteiger partial charge in [-0.1, -0.05) is 6.92 Å². The number of nitrogens with zero attached hydrogens (tertiary/aromatic N) is 3. The second-order valence-corrected chi connectivity index (χ2v) is 6.78. The van der Waals surface area contributed by atoms with Crippen LogP contribution in [-0.2, 0) is 6.42 Å². The number of rotatable bonds is 4. The van der Waals surface area contributed by atoms with Gasteiger partial charge in [-0.05, 0) is 19.3 Å². The second kappa shape index (κ2) is 6.62. The van der Waals surface area contributed by atoms with Crippen LogP contribution in [-0.4, -0.2) is 31.8 Å². The van der Waals surface area contributed by atoms with E-state index >= 15 is 0 Å². The quantitative estimate of drug-likeness (QED) is 0.818. The van der Waals surface area contributed by atoms with Crippen LogP contribution in [0.5, 0.6) is 0 Å². The average Bonchev–Trinajstić information content (AvgIpc) is 2.96. The zero-order chi connectivity index (χ0) is 19.1. The van der Waals surface area contributed by atoms with Gasteiger partial charge in [-0.15, -0.1) is 0 Å². The molecule has 10 heteroatoms. The van der Waals surface area contributed by atoms with Crippen molar-refractivity contribution in [1.29, 1.82) is 0 Å². The summed E-state index contributed by atoms with van der Waals surface area (Å²) < 4.78 is 67.1. The van der Waals surface area contributed by atoms with Crippen LogP contribution in [0, 0.1) is 5.92 Å². The van der Waals surface area contributed by atoms with Gasteiger partial charge in [0.25, 0.3) is 5.56 Å². The summed E-state index contributed by atoms with van der Waals surface area (Å²) in [4.78, 5) is 18.7. The summed E-state index contributed by atoms with van der Waals surface area (Å²) in [7, 11) is 0. The number of alkyl halides is 5. The molecule has 1 N–H and O–H groups in total. The van der Waals surface area contributed by atoms with Crippen molar-refractivity contribution in [3.05, 3.63) is 22.4 Å². The van der Waals surface area contributed by atoms with Crippen molar-refractivity contribution in [3.8, 4) is 0 Å². The summed E-state index contributed by atoms with van der Waals surface area (Å²) in [5, 5.41) is 4.23. The highest BCUT2D eigenvalue weighted by molar-refractivity contribution is 5.73. The molecule has 1 unspecified atom stereocenters. The number of hydrogen-bond donors (Lipinski definition) is 1. The zero-order valence-corrected chi connectivity index (χ0v) is 14.1. The Kier molecular flexibility index (Phi) is 4.78. The van der Waals surface area contributed by atoms with E-state index in [2.05, 4.69) is 15.1 Å². The van der Waals surface area contributed by atoms with E-state index in [1.165, 1.54) is 17.8 Å². The van der Waals surface area contributed by atoms with Gasteiger partial charge < -0.3 is 4.98 Å². The maximum absolute atomic E-state index is 13.3. The molecule has 26 heavy (non-hydrogen) atoms. The van der Waals surface area contributed by atoms with Gasteiger partial charge in [0.2, 0.25) is 5.92 Å². The summed E-state index contributed by atoms with van der Waals surface area (Å²) in [6.07, 6.45) is -3.93. The van der Waals surface area contributed by atoms with Gasteiger partial charge in [0.15, 0.2) is 5.65 Å². The summed E-state index contributed by atoms with van der Waals surface area (Å²) in [6.45, 7) is 1.42. The molecule has 1 saturated carbocycles. The molecule has 0 bridgehead atoms. The monoisotopic (exact) mass is 378 g/mol. The minimum Gasteiger partial charge on any atom is -0.310 e. The fourth-order valence-electron chi connectivity index (χ4n) is 3.34. The topological polar surface area (TPSA) is 63.6 Å². The highest BCUT2D eigenvalue weighted by Gasteiger charge is 2.39. The van der Waals surface area contributed by atoms with Crippen LogP contribution >= 0.6 is 0 Å². The third-order valence-electron chi connectivity index (χ3n) is 4.94. The first-order valence-electron chi connectivity index (χ1n) is 8.51. The van der Waals surface area contributed by atoms with Gasteiger partial charge in [-0.3, -0.25) is 4.79 Å². The Morgan fingerprint density at radius 3 is 2.58 bits per heavy atom. The lowest BCUT2D eigenvalue weighted by Crippen LogP contribution is -2.28. The van der Waals surface area contributed by atoms with Gasteiger partial charge in [0.1, 0.15) is 11.2 Å². The lowest BCUT2D eigenvalue weighted by Gasteiger charge is -2.28. The van der Waals surface area contributed by atoms with Crippen LogP contribution in [0.25, 0.3) is 11.0 Å². The smallest absolute Gasteiger partial charge is 0.310 e. The first kappa shape index (κ1) is 18.8. The lowest BCUT2D eigenvalue weighted by molar-refractivity contribution is -0.175. The number of nitrogens with one attached hydrogen (secondary N) is 1. The first-order valence-corrected chi connectivity index (χ1v) is 8.51. The van der Waals surface area contributed by atoms with E-state index in [4.69, 9.17) is 0 Å². The highest BCUT2D eigenvalue weighted by atomic mass is 19.4. The van der Waals surface area contributed by atoms with Crippen molar-refractivity contribution < 1.29 is 22.0 Å². The van der Waals surface area contributed by atoms with E-state index in [-0.39, 0.29) is 55.0 Å². The van der Waals surface area contributed by atoms with Gasteiger partial charge in [-0.2, -0.15) is 18.3 Å². The maximum atomic E-state index is 13.3. The molecular weight excluding hydrogens is 359 g/mol. The van der Waals surface area contributed by atoms with E-state index in [9.17, 15) is 26.7 Å². The second-order valence-electron chi connectivity index (χ2n) is 6.78. The van der Waals surface area contributed by atoms with E-state index in [0.29, 0.717) is 0 Å². The third kappa shape index (κ3) is 3.73. The molecule has 2 aromatic rings. The Morgan fingerprint density at radius 2 is 2.00 bits per heavy atom. The van der Waals surface area contributed by atoms with Crippen molar-refractivity contribution in [2.24, 2.45) is 5.92 Å². The number of aromatic nitrogens is 4. The summed E-state index contributed by atoms with van der Waals surface area (Å²) in [5.74, 6) is -4.40. The van der Waals surface area contributed by atoms with E-state index in [1.807, 2.05) is 0 Å². The molecule has 1 aliphatic carbocycles. The molecule has 0 amide bonds. The molecule has 3 rings (SSSR count). The minimum absolute atomic E-state index is 0.0745. The van der Waals surface area contributed by atoms with Crippen molar-refractivity contribution in [2.45, 2.75) is 63.6 Å². The first-order chi connectivity index (χ1) is 12.1. The highest BCUT2D eigenvalue weighted by Crippen LogP contribution is 2.39. The van der Waals surface area contributed by atoms with E-state index in [1.54, 1.807) is 0 Å². The van der Waals surface area contributed by atoms with Crippen molar-refractivity contribution in [2.75, 3.05) is 0 Å². The van der Waals surface area contributed by atoms with Gasteiger partial charge in [0, 0.05) is 19.3 Å². The van der Waals surface area contributed by atoms with Gasteiger partial charge >= 0.3 is 6.18 Å². The zero-order valence-electron chi connectivity index (χ0n) is 14.1. The SMILES string of the molecule is CCC(Cc1nc2c(cnn2C2CCC(F)(F)CC2)c(=O)[nH]1)C(F)(F)F. The molecule has 1 fully saturated rings. The minimum atomic E-state index is -4.39. The normalized spacial score (nSPS) is 19.8. The predicted octanol–water partition coefficient (Wildman–Crippen LogP) is 4.00. The molecular formula is C16H19F5N4O. The Hall–Kier alpha value is -2.00. The fraction of sp³-hybridized carbons (Fsp3) is 0.688. The summed E-state index contributed by atoms with van der Waals surface area (Å²) in [5.41, 5.74) is -0.426. The van der Waals surface area contributed by atoms with Crippen LogP contribution in [0.2, 0.25) is 0 Å². The van der Waals surface area contributed by atoms with Crippen molar-refractivity contribution in [3.63, 3.8) is 0 Å². The molecule has 5 nitrogen and oxygen atoms in total. The van der Waals surface area contributed by atoms with Crippen LogP contribution in [0.15, 0.2) is 11.0 Å². The molecule has 0 saturated heterocycles. The molecule has 144 valence electrons. The predicted molar refractivity (Wildman–Crippen MR) is 84.1 cm³/mol. The molecule has 2 aromatic heterocycles. The Balaban J connectivity index is 1.93. The number of halogens is 5. The lowest BCUT2D eigenvalue weighted by atomic mass is 9.92. The summed E-state index contributed by atoms with van der Waals surface area (Å²) in [6, 6.07) is -0.348. The molecule has 1 atom stereocenters. The van der Waals surface area contributed by atoms with Crippen LogP contribution < -0.4 is 5.56 Å². The maximum Gasteiger partial charge on any atom is 0.392 e. The number of H-pyrrole nitrogens is 1. The third-order valence-corrected chi connectivity index (χ3v) is 4.94. The Bertz CT molecular complexity index is 831.